The van der Waals surface area contributed by atoms with Crippen LogP contribution in [0.4, 0.5) is 27.5 Å². The third kappa shape index (κ3) is 5.51. The average Bonchev–Trinajstić information content (AvgIpc) is 3.26. The van der Waals surface area contributed by atoms with Crippen molar-refractivity contribution in [3.63, 3.8) is 0 Å². The van der Waals surface area contributed by atoms with Gasteiger partial charge in [0.1, 0.15) is 0 Å². The second-order valence-electron chi connectivity index (χ2n) is 8.77. The largest absolute Gasteiger partial charge is 0.380 e. The number of halogens is 1. The van der Waals surface area contributed by atoms with Gasteiger partial charge in [-0.15, -0.1) is 0 Å². The molecule has 0 spiro atoms. The summed E-state index contributed by atoms with van der Waals surface area (Å²) < 4.78 is 19.8. The average molecular weight is 458 g/mol. The SMILES string of the molecule is COCc1cc(Nc2ncc(F)c(N[C@H]3CCC[C@H]3C(N)=O)n2)ccc1N1CCN(C)CC1. The first-order valence-corrected chi connectivity index (χ1v) is 11.4. The number of carbonyl (C=O) groups excluding carboxylic acids is 1. The lowest BCUT2D eigenvalue weighted by atomic mass is 10.0. The molecule has 2 atom stereocenters. The number of rotatable bonds is 8. The van der Waals surface area contributed by atoms with Crippen LogP contribution in [0.15, 0.2) is 24.4 Å². The van der Waals surface area contributed by atoms with E-state index in [-0.39, 0.29) is 29.6 Å². The minimum atomic E-state index is -0.568. The lowest BCUT2D eigenvalue weighted by Gasteiger charge is -2.35. The van der Waals surface area contributed by atoms with Gasteiger partial charge in [-0.1, -0.05) is 6.42 Å². The standard InChI is InChI=1S/C23H32FN7O2/c1-30-8-10-31(11-9-30)20-7-6-16(12-15(20)14-33-2)27-23-26-13-18(24)22(29-23)28-19-5-3-4-17(19)21(25)32/h6-7,12-13,17,19H,3-5,8-11,14H2,1-2H3,(H2,25,32)(H2,26,27,28,29)/t17-,19+/m1/s1. The van der Waals surface area contributed by atoms with E-state index in [1.165, 1.54) is 0 Å². The summed E-state index contributed by atoms with van der Waals surface area (Å²) in [6, 6.07) is 5.82. The number of piperazine rings is 1. The molecule has 178 valence electrons. The summed E-state index contributed by atoms with van der Waals surface area (Å²) in [4.78, 5) is 24.7. The van der Waals surface area contributed by atoms with Gasteiger partial charge in [0.2, 0.25) is 11.9 Å². The number of nitrogens with two attached hydrogens (primary N) is 1. The van der Waals surface area contributed by atoms with Crippen LogP contribution in [0, 0.1) is 11.7 Å². The van der Waals surface area contributed by atoms with Crippen LogP contribution in [-0.2, 0) is 16.1 Å². The number of hydrogen-bond acceptors (Lipinski definition) is 8. The lowest BCUT2D eigenvalue weighted by Crippen LogP contribution is -2.44. The number of benzene rings is 1. The Morgan fingerprint density at radius 2 is 2.06 bits per heavy atom. The summed E-state index contributed by atoms with van der Waals surface area (Å²) >= 11 is 0. The maximum absolute atomic E-state index is 14.4. The van der Waals surface area contributed by atoms with Crippen molar-refractivity contribution >= 4 is 29.0 Å². The quantitative estimate of drug-likeness (QED) is 0.554. The first-order valence-electron chi connectivity index (χ1n) is 11.4. The zero-order valence-corrected chi connectivity index (χ0v) is 19.2. The van der Waals surface area contributed by atoms with Gasteiger partial charge in [-0.25, -0.2) is 9.37 Å². The molecule has 4 N–H and O–H groups in total. The number of methoxy groups -OCH3 is 1. The highest BCUT2D eigenvalue weighted by molar-refractivity contribution is 5.78. The van der Waals surface area contributed by atoms with E-state index in [1.54, 1.807) is 7.11 Å². The Hall–Kier alpha value is -2.98. The predicted molar refractivity (Wildman–Crippen MR) is 126 cm³/mol. The molecule has 1 saturated heterocycles. The molecule has 10 heteroatoms. The molecule has 1 aliphatic carbocycles. The number of nitrogens with zero attached hydrogens (tertiary/aromatic N) is 4. The summed E-state index contributed by atoms with van der Waals surface area (Å²) in [6.45, 7) is 4.43. The number of primary amides is 1. The Morgan fingerprint density at radius 3 is 2.79 bits per heavy atom. The van der Waals surface area contributed by atoms with Crippen LogP contribution >= 0.6 is 0 Å². The minimum absolute atomic E-state index is 0.0665. The molecule has 0 unspecified atom stereocenters. The van der Waals surface area contributed by atoms with E-state index in [0.29, 0.717) is 13.0 Å². The normalized spacial score (nSPS) is 21.2. The molecule has 0 bridgehead atoms. The fraction of sp³-hybridized carbons (Fsp3) is 0.522. The Labute approximate surface area is 193 Å². The molecule has 1 aliphatic heterocycles. The highest BCUT2D eigenvalue weighted by atomic mass is 19.1. The smallest absolute Gasteiger partial charge is 0.229 e. The first-order chi connectivity index (χ1) is 15.9. The van der Waals surface area contributed by atoms with Crippen LogP contribution < -0.4 is 21.3 Å². The van der Waals surface area contributed by atoms with E-state index in [4.69, 9.17) is 10.5 Å². The van der Waals surface area contributed by atoms with Crippen LogP contribution in [0.3, 0.4) is 0 Å². The lowest BCUT2D eigenvalue weighted by molar-refractivity contribution is -0.121. The van der Waals surface area contributed by atoms with Crippen molar-refractivity contribution < 1.29 is 13.9 Å². The van der Waals surface area contributed by atoms with Gasteiger partial charge in [0, 0.05) is 56.3 Å². The fourth-order valence-corrected chi connectivity index (χ4v) is 4.60. The van der Waals surface area contributed by atoms with Crippen LogP contribution in [0.25, 0.3) is 0 Å². The van der Waals surface area contributed by atoms with Crippen molar-refractivity contribution in [2.24, 2.45) is 11.7 Å². The van der Waals surface area contributed by atoms with Crippen molar-refractivity contribution in [1.82, 2.24) is 14.9 Å². The van der Waals surface area contributed by atoms with Gasteiger partial charge < -0.3 is 30.9 Å². The van der Waals surface area contributed by atoms with Gasteiger partial charge in [-0.3, -0.25) is 4.79 Å². The maximum Gasteiger partial charge on any atom is 0.229 e. The monoisotopic (exact) mass is 457 g/mol. The van der Waals surface area contributed by atoms with Crippen molar-refractivity contribution in [3.05, 3.63) is 35.8 Å². The van der Waals surface area contributed by atoms with E-state index in [9.17, 15) is 9.18 Å². The second kappa shape index (κ2) is 10.3. The van der Waals surface area contributed by atoms with Gasteiger partial charge in [-0.2, -0.15) is 4.98 Å². The van der Waals surface area contributed by atoms with Gasteiger partial charge >= 0.3 is 0 Å². The van der Waals surface area contributed by atoms with Crippen molar-refractivity contribution in [2.75, 3.05) is 55.9 Å². The first kappa shape index (κ1) is 23.2. The molecule has 2 aromatic rings. The summed E-state index contributed by atoms with van der Waals surface area (Å²) in [5.74, 6) is -0.931. The Bertz CT molecular complexity index is 981. The van der Waals surface area contributed by atoms with Crippen molar-refractivity contribution in [2.45, 2.75) is 31.9 Å². The number of aromatic nitrogens is 2. The molecular formula is C23H32FN7O2. The van der Waals surface area contributed by atoms with Gasteiger partial charge in [0.15, 0.2) is 11.6 Å². The highest BCUT2D eigenvalue weighted by Crippen LogP contribution is 2.30. The second-order valence-corrected chi connectivity index (χ2v) is 8.77. The van der Waals surface area contributed by atoms with Crippen LogP contribution in [-0.4, -0.2) is 67.2 Å². The zero-order chi connectivity index (χ0) is 23.4. The van der Waals surface area contributed by atoms with E-state index in [2.05, 4.69) is 43.5 Å². The number of nitrogens with one attached hydrogen (secondary N) is 2. The molecule has 1 saturated carbocycles. The van der Waals surface area contributed by atoms with E-state index in [0.717, 1.165) is 62.2 Å². The molecule has 4 rings (SSSR count). The Kier molecular flexibility index (Phi) is 7.24. The molecule has 2 heterocycles. The third-order valence-electron chi connectivity index (χ3n) is 6.43. The van der Waals surface area contributed by atoms with Crippen LogP contribution in [0.1, 0.15) is 24.8 Å². The molecule has 1 aromatic carbocycles. The molecule has 2 fully saturated rings. The topological polar surface area (TPSA) is 109 Å². The van der Waals surface area contributed by atoms with Crippen LogP contribution in [0.5, 0.6) is 0 Å². The third-order valence-corrected chi connectivity index (χ3v) is 6.43. The molecule has 2 aliphatic rings. The molecule has 1 amide bonds. The molecule has 9 nitrogen and oxygen atoms in total. The maximum atomic E-state index is 14.4. The summed E-state index contributed by atoms with van der Waals surface area (Å²) in [5, 5.41) is 6.22. The number of anilines is 4. The number of hydrogen-bond donors (Lipinski definition) is 3. The molecule has 1 aromatic heterocycles. The van der Waals surface area contributed by atoms with Gasteiger partial charge in [-0.05, 0) is 38.1 Å². The highest BCUT2D eigenvalue weighted by Gasteiger charge is 2.32. The van der Waals surface area contributed by atoms with Gasteiger partial charge in [0.25, 0.3) is 0 Å². The number of likely N-dealkylation sites (N-methyl/N-ethyl adjacent to an activating group) is 1. The van der Waals surface area contributed by atoms with Crippen LogP contribution in [0.2, 0.25) is 0 Å². The summed E-state index contributed by atoms with van der Waals surface area (Å²) in [6.07, 6.45) is 3.44. The van der Waals surface area contributed by atoms with Crippen molar-refractivity contribution in [3.8, 4) is 0 Å². The Balaban J connectivity index is 1.50. The summed E-state index contributed by atoms with van der Waals surface area (Å²) in [5.41, 5.74) is 8.48. The summed E-state index contributed by atoms with van der Waals surface area (Å²) in [7, 11) is 3.81. The Morgan fingerprint density at radius 1 is 1.27 bits per heavy atom. The molecule has 0 radical (unpaired) electrons. The predicted octanol–water partition coefficient (Wildman–Crippen LogP) is 2.32. The zero-order valence-electron chi connectivity index (χ0n) is 19.2. The van der Waals surface area contributed by atoms with E-state index >= 15 is 0 Å². The van der Waals surface area contributed by atoms with Crippen molar-refractivity contribution in [1.29, 1.82) is 0 Å². The molecular weight excluding hydrogens is 425 g/mol. The van der Waals surface area contributed by atoms with E-state index < -0.39 is 5.82 Å². The number of carbonyl (C=O) groups is 1. The van der Waals surface area contributed by atoms with E-state index in [1.807, 2.05) is 12.1 Å². The molecule has 33 heavy (non-hydrogen) atoms. The number of amides is 1. The van der Waals surface area contributed by atoms with Gasteiger partial charge in [0.05, 0.1) is 18.7 Å². The minimum Gasteiger partial charge on any atom is -0.380 e. The number of ether oxygens (including phenoxy) is 1. The fourth-order valence-electron chi connectivity index (χ4n) is 4.60.